The minimum Gasteiger partial charge on any atom is -0.310 e. The molecule has 2 aromatic rings. The van der Waals surface area contributed by atoms with Crippen molar-refractivity contribution in [1.82, 2.24) is 15.1 Å². The molecule has 1 aliphatic rings. The van der Waals surface area contributed by atoms with E-state index < -0.39 is 4.92 Å². The molecule has 0 atom stereocenters. The second-order valence-corrected chi connectivity index (χ2v) is 4.73. The maximum atomic E-state index is 10.7. The average molecular weight is 258 g/mol. The van der Waals surface area contributed by atoms with E-state index in [2.05, 4.69) is 10.4 Å². The largest absolute Gasteiger partial charge is 0.310 e. The van der Waals surface area contributed by atoms with E-state index in [1.165, 1.54) is 25.0 Å². The first-order valence-corrected chi connectivity index (χ1v) is 6.24. The molecule has 19 heavy (non-hydrogen) atoms. The zero-order valence-electron chi connectivity index (χ0n) is 10.3. The maximum Gasteiger partial charge on any atom is 0.271 e. The van der Waals surface area contributed by atoms with Crippen LogP contribution in [0.5, 0.6) is 0 Å². The van der Waals surface area contributed by atoms with Crippen molar-refractivity contribution < 1.29 is 4.92 Å². The van der Waals surface area contributed by atoms with Gasteiger partial charge in [-0.15, -0.1) is 0 Å². The third kappa shape index (κ3) is 2.79. The molecule has 6 heteroatoms. The highest BCUT2D eigenvalue weighted by molar-refractivity contribution is 5.42. The fraction of sp³-hybridized carbons (Fsp3) is 0.308. The van der Waals surface area contributed by atoms with Crippen molar-refractivity contribution in [2.45, 2.75) is 25.4 Å². The van der Waals surface area contributed by atoms with Crippen molar-refractivity contribution in [1.29, 1.82) is 0 Å². The van der Waals surface area contributed by atoms with Crippen LogP contribution >= 0.6 is 0 Å². The minimum atomic E-state index is -0.400. The molecular formula is C13H14N4O2. The van der Waals surface area contributed by atoms with Gasteiger partial charge in [0.2, 0.25) is 0 Å². The highest BCUT2D eigenvalue weighted by Crippen LogP contribution is 2.20. The summed E-state index contributed by atoms with van der Waals surface area (Å²) in [7, 11) is 0. The van der Waals surface area contributed by atoms with Gasteiger partial charge in [0.1, 0.15) is 0 Å². The van der Waals surface area contributed by atoms with E-state index in [0.717, 1.165) is 12.1 Å². The van der Waals surface area contributed by atoms with E-state index in [1.807, 2.05) is 6.20 Å². The second-order valence-electron chi connectivity index (χ2n) is 4.73. The van der Waals surface area contributed by atoms with Crippen LogP contribution < -0.4 is 5.32 Å². The molecule has 1 aromatic carbocycles. The molecule has 98 valence electrons. The molecule has 1 saturated carbocycles. The van der Waals surface area contributed by atoms with Gasteiger partial charge in [0.25, 0.3) is 5.69 Å². The van der Waals surface area contributed by atoms with Gasteiger partial charge in [-0.05, 0) is 18.9 Å². The lowest BCUT2D eigenvalue weighted by Crippen LogP contribution is -2.14. The summed E-state index contributed by atoms with van der Waals surface area (Å²) in [5.41, 5.74) is 1.86. The van der Waals surface area contributed by atoms with E-state index in [-0.39, 0.29) is 5.69 Å². The van der Waals surface area contributed by atoms with Gasteiger partial charge in [-0.1, -0.05) is 6.07 Å². The van der Waals surface area contributed by atoms with E-state index in [9.17, 15) is 10.1 Å². The number of rotatable bonds is 5. The summed E-state index contributed by atoms with van der Waals surface area (Å²) in [6, 6.07) is 7.12. The van der Waals surface area contributed by atoms with Gasteiger partial charge in [0, 0.05) is 36.5 Å². The van der Waals surface area contributed by atoms with Crippen LogP contribution in [0, 0.1) is 10.1 Å². The number of nitro groups is 1. The Bertz CT molecular complexity index is 604. The molecule has 1 aliphatic carbocycles. The monoisotopic (exact) mass is 258 g/mol. The second kappa shape index (κ2) is 4.81. The summed E-state index contributed by atoms with van der Waals surface area (Å²) in [5, 5.41) is 18.4. The van der Waals surface area contributed by atoms with Gasteiger partial charge in [-0.25, -0.2) is 4.68 Å². The zero-order chi connectivity index (χ0) is 13.2. The smallest absolute Gasteiger partial charge is 0.271 e. The molecule has 0 aliphatic heterocycles. The van der Waals surface area contributed by atoms with Gasteiger partial charge < -0.3 is 5.32 Å². The topological polar surface area (TPSA) is 73.0 Å². The van der Waals surface area contributed by atoms with Gasteiger partial charge in [0.05, 0.1) is 16.8 Å². The molecule has 1 heterocycles. The van der Waals surface area contributed by atoms with Crippen LogP contribution in [-0.4, -0.2) is 20.7 Å². The Balaban J connectivity index is 1.77. The molecule has 0 amide bonds. The Labute approximate surface area is 110 Å². The van der Waals surface area contributed by atoms with Gasteiger partial charge in [-0.2, -0.15) is 5.10 Å². The molecule has 3 rings (SSSR count). The number of nitrogens with zero attached hydrogens (tertiary/aromatic N) is 3. The summed E-state index contributed by atoms with van der Waals surface area (Å²) in [6.45, 7) is 0.791. The lowest BCUT2D eigenvalue weighted by molar-refractivity contribution is -0.384. The van der Waals surface area contributed by atoms with Crippen LogP contribution in [0.4, 0.5) is 5.69 Å². The minimum absolute atomic E-state index is 0.0747. The summed E-state index contributed by atoms with van der Waals surface area (Å²) >= 11 is 0. The number of hydrogen-bond donors (Lipinski definition) is 1. The molecule has 1 aromatic heterocycles. The predicted molar refractivity (Wildman–Crippen MR) is 70.1 cm³/mol. The Morgan fingerprint density at radius 1 is 1.47 bits per heavy atom. The molecule has 6 nitrogen and oxygen atoms in total. The van der Waals surface area contributed by atoms with Crippen molar-refractivity contribution >= 4 is 5.69 Å². The lowest BCUT2D eigenvalue weighted by Gasteiger charge is -2.01. The number of hydrogen-bond acceptors (Lipinski definition) is 4. The third-order valence-corrected chi connectivity index (χ3v) is 3.11. The first-order chi connectivity index (χ1) is 9.22. The van der Waals surface area contributed by atoms with Crippen molar-refractivity contribution in [3.8, 4) is 5.69 Å². The van der Waals surface area contributed by atoms with E-state index >= 15 is 0 Å². The highest BCUT2D eigenvalue weighted by Gasteiger charge is 2.20. The van der Waals surface area contributed by atoms with Crippen LogP contribution in [0.3, 0.4) is 0 Å². The van der Waals surface area contributed by atoms with Crippen molar-refractivity contribution in [3.05, 3.63) is 52.3 Å². The Hall–Kier alpha value is -2.21. The van der Waals surface area contributed by atoms with E-state index in [1.54, 1.807) is 23.0 Å². The molecule has 1 fully saturated rings. The number of nitrogens with one attached hydrogen (secondary N) is 1. The van der Waals surface area contributed by atoms with Crippen LogP contribution in [0.15, 0.2) is 36.7 Å². The SMILES string of the molecule is O=[N+]([O-])c1cccc(-n2cc(CNC3CC3)cn2)c1. The van der Waals surface area contributed by atoms with Crippen LogP contribution in [0.2, 0.25) is 0 Å². The highest BCUT2D eigenvalue weighted by atomic mass is 16.6. The summed E-state index contributed by atoms with van der Waals surface area (Å²) in [5.74, 6) is 0. The number of non-ortho nitro benzene ring substituents is 1. The normalized spacial score (nSPS) is 14.5. The maximum absolute atomic E-state index is 10.7. The number of benzene rings is 1. The predicted octanol–water partition coefficient (Wildman–Crippen LogP) is 2.03. The summed E-state index contributed by atoms with van der Waals surface area (Å²) in [6.07, 6.45) is 6.18. The van der Waals surface area contributed by atoms with Gasteiger partial charge >= 0.3 is 0 Å². The molecule has 1 N–H and O–H groups in total. The van der Waals surface area contributed by atoms with Crippen molar-refractivity contribution in [3.63, 3.8) is 0 Å². The third-order valence-electron chi connectivity index (χ3n) is 3.11. The molecule has 0 bridgehead atoms. The van der Waals surface area contributed by atoms with Crippen LogP contribution in [0.25, 0.3) is 5.69 Å². The number of aromatic nitrogens is 2. The van der Waals surface area contributed by atoms with Crippen LogP contribution in [-0.2, 0) is 6.54 Å². The number of nitro benzene ring substituents is 1. The molecular weight excluding hydrogens is 244 g/mol. The van der Waals surface area contributed by atoms with Gasteiger partial charge in [-0.3, -0.25) is 10.1 Å². The molecule has 0 radical (unpaired) electrons. The van der Waals surface area contributed by atoms with Crippen molar-refractivity contribution in [2.24, 2.45) is 0 Å². The first kappa shape index (κ1) is 11.9. The van der Waals surface area contributed by atoms with Gasteiger partial charge in [0.15, 0.2) is 0 Å². The standard InChI is InChI=1S/C13H14N4O2/c18-17(19)13-3-1-2-12(6-13)16-9-10(8-15-16)7-14-11-4-5-11/h1-3,6,8-9,11,14H,4-5,7H2. The summed E-state index contributed by atoms with van der Waals surface area (Å²) < 4.78 is 1.66. The first-order valence-electron chi connectivity index (χ1n) is 6.24. The molecule has 0 spiro atoms. The Kier molecular flexibility index (Phi) is 3.00. The fourth-order valence-electron chi connectivity index (χ4n) is 1.89. The van der Waals surface area contributed by atoms with E-state index in [0.29, 0.717) is 11.7 Å². The van der Waals surface area contributed by atoms with Crippen molar-refractivity contribution in [2.75, 3.05) is 0 Å². The Morgan fingerprint density at radius 3 is 3.05 bits per heavy atom. The van der Waals surface area contributed by atoms with Crippen LogP contribution in [0.1, 0.15) is 18.4 Å². The fourth-order valence-corrected chi connectivity index (χ4v) is 1.89. The lowest BCUT2D eigenvalue weighted by atomic mass is 10.3. The average Bonchev–Trinajstić information content (AvgIpc) is 3.13. The van der Waals surface area contributed by atoms with E-state index in [4.69, 9.17) is 0 Å². The summed E-state index contributed by atoms with van der Waals surface area (Å²) in [4.78, 5) is 10.3. The Morgan fingerprint density at radius 2 is 2.32 bits per heavy atom. The molecule has 0 saturated heterocycles. The zero-order valence-corrected chi connectivity index (χ0v) is 10.3. The quantitative estimate of drug-likeness (QED) is 0.658. The molecule has 0 unspecified atom stereocenters.